The van der Waals surface area contributed by atoms with Crippen molar-refractivity contribution in [1.29, 1.82) is 0 Å². The summed E-state index contributed by atoms with van der Waals surface area (Å²) in [6.45, 7) is 0. The number of alkyl halides is 3. The maximum absolute atomic E-state index is 12.1. The van der Waals surface area contributed by atoms with Gasteiger partial charge in [-0.15, -0.1) is 0 Å². The van der Waals surface area contributed by atoms with E-state index in [1.165, 1.54) is 0 Å². The summed E-state index contributed by atoms with van der Waals surface area (Å²) < 4.78 is 41.3. The largest absolute Gasteiger partial charge is 0.396 e. The maximum atomic E-state index is 12.1. The maximum Gasteiger partial charge on any atom is 0.396 e. The first-order valence-electron chi connectivity index (χ1n) is 6.03. The van der Waals surface area contributed by atoms with Gasteiger partial charge in [0.25, 0.3) is 0 Å². The molecule has 102 valence electrons. The molecule has 1 heterocycles. The van der Waals surface area contributed by atoms with E-state index in [2.05, 4.69) is 10.1 Å². The van der Waals surface area contributed by atoms with E-state index in [1.807, 2.05) is 0 Å². The molecule has 1 aliphatic carbocycles. The molecule has 1 saturated carbocycles. The Bertz CT molecular complexity index is 396. The summed E-state index contributed by atoms with van der Waals surface area (Å²) in [5.41, 5.74) is 5.78. The Morgan fingerprint density at radius 2 is 1.89 bits per heavy atom. The van der Waals surface area contributed by atoms with E-state index < -0.39 is 18.1 Å². The van der Waals surface area contributed by atoms with E-state index in [1.54, 1.807) is 0 Å². The van der Waals surface area contributed by atoms with E-state index in [-0.39, 0.29) is 11.7 Å². The van der Waals surface area contributed by atoms with Crippen LogP contribution in [0.25, 0.3) is 0 Å². The second-order valence-electron chi connectivity index (χ2n) is 5.00. The number of aromatic nitrogens is 2. The van der Waals surface area contributed by atoms with Crippen LogP contribution in [0, 0.1) is 0 Å². The number of hydrogen-bond acceptors (Lipinski definition) is 4. The van der Waals surface area contributed by atoms with Gasteiger partial charge in [-0.1, -0.05) is 24.4 Å². The van der Waals surface area contributed by atoms with Gasteiger partial charge >= 0.3 is 6.18 Å². The molecule has 7 heteroatoms. The van der Waals surface area contributed by atoms with Gasteiger partial charge in [0.15, 0.2) is 5.82 Å². The Kier molecular flexibility index (Phi) is 3.61. The summed E-state index contributed by atoms with van der Waals surface area (Å²) in [4.78, 5) is 3.76. The van der Waals surface area contributed by atoms with Crippen LogP contribution in [0.5, 0.6) is 0 Å². The Morgan fingerprint density at radius 1 is 1.22 bits per heavy atom. The predicted octanol–water partition coefficient (Wildman–Crippen LogP) is 2.38. The number of nitrogens with zero attached hydrogens (tertiary/aromatic N) is 2. The summed E-state index contributed by atoms with van der Waals surface area (Å²) in [5.74, 6) is -0.115. The van der Waals surface area contributed by atoms with Crippen LogP contribution in [0.2, 0.25) is 0 Å². The van der Waals surface area contributed by atoms with Gasteiger partial charge in [0.1, 0.15) is 6.42 Å². The molecular formula is C11H16F3N3O. The zero-order valence-electron chi connectivity index (χ0n) is 9.96. The second-order valence-corrected chi connectivity index (χ2v) is 5.00. The molecular weight excluding hydrogens is 247 g/mol. The van der Waals surface area contributed by atoms with E-state index in [0.717, 1.165) is 32.1 Å². The third kappa shape index (κ3) is 3.69. The van der Waals surface area contributed by atoms with Crippen LogP contribution >= 0.6 is 0 Å². The molecule has 0 aromatic carbocycles. The summed E-state index contributed by atoms with van der Waals surface area (Å²) in [7, 11) is 0. The quantitative estimate of drug-likeness (QED) is 0.909. The van der Waals surface area contributed by atoms with Crippen molar-refractivity contribution in [3.05, 3.63) is 11.7 Å². The molecule has 0 bridgehead atoms. The highest BCUT2D eigenvalue weighted by atomic mass is 19.4. The molecule has 1 aromatic rings. The first kappa shape index (κ1) is 13.3. The monoisotopic (exact) mass is 263 g/mol. The van der Waals surface area contributed by atoms with Crippen LogP contribution in [0.3, 0.4) is 0 Å². The number of rotatable bonds is 3. The first-order chi connectivity index (χ1) is 8.36. The van der Waals surface area contributed by atoms with Crippen molar-refractivity contribution in [1.82, 2.24) is 10.1 Å². The molecule has 1 aliphatic rings. The van der Waals surface area contributed by atoms with Crippen molar-refractivity contribution in [2.24, 2.45) is 5.73 Å². The average Bonchev–Trinajstić information content (AvgIpc) is 2.62. The van der Waals surface area contributed by atoms with Crippen LogP contribution in [0.15, 0.2) is 4.52 Å². The Labute approximate surface area is 103 Å². The summed E-state index contributed by atoms with van der Waals surface area (Å²) in [6.07, 6.45) is -0.172. The molecule has 2 N–H and O–H groups in total. The van der Waals surface area contributed by atoms with Crippen molar-refractivity contribution in [3.8, 4) is 0 Å². The predicted molar refractivity (Wildman–Crippen MR) is 57.8 cm³/mol. The highest BCUT2D eigenvalue weighted by molar-refractivity contribution is 4.98. The van der Waals surface area contributed by atoms with Crippen molar-refractivity contribution in [3.63, 3.8) is 0 Å². The Morgan fingerprint density at radius 3 is 2.50 bits per heavy atom. The van der Waals surface area contributed by atoms with E-state index in [4.69, 9.17) is 10.3 Å². The van der Waals surface area contributed by atoms with Crippen LogP contribution in [0.1, 0.15) is 43.8 Å². The lowest BCUT2D eigenvalue weighted by Gasteiger charge is -2.31. The lowest BCUT2D eigenvalue weighted by atomic mass is 9.80. The van der Waals surface area contributed by atoms with Crippen LogP contribution < -0.4 is 5.73 Å². The molecule has 1 aromatic heterocycles. The summed E-state index contributed by atoms with van der Waals surface area (Å²) in [5, 5.41) is 3.34. The zero-order valence-corrected chi connectivity index (χ0v) is 9.96. The van der Waals surface area contributed by atoms with Crippen LogP contribution in [-0.2, 0) is 12.8 Å². The highest BCUT2D eigenvalue weighted by Gasteiger charge is 2.33. The number of halogens is 3. The summed E-state index contributed by atoms with van der Waals surface area (Å²) >= 11 is 0. The molecule has 0 saturated heterocycles. The normalized spacial score (nSPS) is 20.0. The minimum Gasteiger partial charge on any atom is -0.339 e. The third-order valence-corrected chi connectivity index (χ3v) is 3.22. The lowest BCUT2D eigenvalue weighted by molar-refractivity contribution is -0.128. The van der Waals surface area contributed by atoms with Gasteiger partial charge in [0.2, 0.25) is 5.89 Å². The standard InChI is InChI=1S/C11H16F3N3O/c12-11(13,14)6-8-16-9(18-17-8)7-10(15)4-2-1-3-5-10/h1-7,15H2. The fourth-order valence-corrected chi connectivity index (χ4v) is 2.35. The molecule has 18 heavy (non-hydrogen) atoms. The topological polar surface area (TPSA) is 64.9 Å². The van der Waals surface area contributed by atoms with E-state index >= 15 is 0 Å². The molecule has 0 radical (unpaired) electrons. The third-order valence-electron chi connectivity index (χ3n) is 3.22. The minimum atomic E-state index is -4.31. The van der Waals surface area contributed by atoms with Crippen molar-refractivity contribution >= 4 is 0 Å². The van der Waals surface area contributed by atoms with Crippen LogP contribution in [0.4, 0.5) is 13.2 Å². The number of hydrogen-bond donors (Lipinski definition) is 1. The lowest BCUT2D eigenvalue weighted by Crippen LogP contribution is -2.43. The first-order valence-corrected chi connectivity index (χ1v) is 6.03. The fourth-order valence-electron chi connectivity index (χ4n) is 2.35. The van der Waals surface area contributed by atoms with Crippen molar-refractivity contribution in [2.45, 2.75) is 56.7 Å². The molecule has 0 amide bonds. The summed E-state index contributed by atoms with van der Waals surface area (Å²) in [6, 6.07) is 0. The van der Waals surface area contributed by atoms with Crippen molar-refractivity contribution in [2.75, 3.05) is 0 Å². The molecule has 0 atom stereocenters. The Hall–Kier alpha value is -1.11. The van der Waals surface area contributed by atoms with Gasteiger partial charge in [0.05, 0.1) is 0 Å². The Balaban J connectivity index is 1.97. The molecule has 0 spiro atoms. The smallest absolute Gasteiger partial charge is 0.339 e. The molecule has 2 rings (SSSR count). The highest BCUT2D eigenvalue weighted by Crippen LogP contribution is 2.29. The van der Waals surface area contributed by atoms with E-state index in [9.17, 15) is 13.2 Å². The van der Waals surface area contributed by atoms with Gasteiger partial charge in [-0.25, -0.2) is 0 Å². The molecule has 0 aliphatic heterocycles. The van der Waals surface area contributed by atoms with Gasteiger partial charge in [-0.2, -0.15) is 18.2 Å². The van der Waals surface area contributed by atoms with Crippen molar-refractivity contribution < 1.29 is 17.7 Å². The fraction of sp³-hybridized carbons (Fsp3) is 0.818. The molecule has 1 fully saturated rings. The zero-order chi connectivity index (χ0) is 13.2. The SMILES string of the molecule is NC1(Cc2nc(CC(F)(F)F)no2)CCCCC1. The molecule has 0 unspecified atom stereocenters. The van der Waals surface area contributed by atoms with Gasteiger partial charge < -0.3 is 10.3 Å². The van der Waals surface area contributed by atoms with Crippen LogP contribution in [-0.4, -0.2) is 21.9 Å². The average molecular weight is 263 g/mol. The van der Waals surface area contributed by atoms with Gasteiger partial charge in [-0.3, -0.25) is 0 Å². The van der Waals surface area contributed by atoms with Gasteiger partial charge in [-0.05, 0) is 12.8 Å². The van der Waals surface area contributed by atoms with E-state index in [0.29, 0.717) is 6.42 Å². The van der Waals surface area contributed by atoms with Gasteiger partial charge in [0, 0.05) is 12.0 Å². The second kappa shape index (κ2) is 4.87. The molecule has 4 nitrogen and oxygen atoms in total. The minimum absolute atomic E-state index is 0.207. The number of nitrogens with two attached hydrogens (primary N) is 1.